The van der Waals surface area contributed by atoms with Crippen LogP contribution in [0.2, 0.25) is 0 Å². The molecule has 142 valence electrons. The first-order valence-corrected chi connectivity index (χ1v) is 9.64. The zero-order valence-corrected chi connectivity index (χ0v) is 16.0. The van der Waals surface area contributed by atoms with E-state index in [4.69, 9.17) is 0 Å². The van der Waals surface area contributed by atoms with Crippen molar-refractivity contribution in [2.75, 3.05) is 31.1 Å². The van der Waals surface area contributed by atoms with Crippen LogP contribution in [0, 0.1) is 13.8 Å². The van der Waals surface area contributed by atoms with Crippen LogP contribution in [-0.2, 0) is 4.79 Å². The Labute approximate surface area is 160 Å². The fourth-order valence-corrected chi connectivity index (χ4v) is 3.98. The second-order valence-electron chi connectivity index (χ2n) is 7.51. The summed E-state index contributed by atoms with van der Waals surface area (Å²) in [6, 6.07) is 10.5. The first-order valence-electron chi connectivity index (χ1n) is 9.64. The lowest BCUT2D eigenvalue weighted by atomic mass is 10.0. The van der Waals surface area contributed by atoms with Crippen molar-refractivity contribution in [3.63, 3.8) is 0 Å². The zero-order chi connectivity index (χ0) is 18.8. The summed E-state index contributed by atoms with van der Waals surface area (Å²) in [6.07, 6.45) is 4.34. The van der Waals surface area contributed by atoms with Crippen LogP contribution >= 0.6 is 0 Å². The summed E-state index contributed by atoms with van der Waals surface area (Å²) in [5.74, 6) is 0.194. The van der Waals surface area contributed by atoms with E-state index < -0.39 is 0 Å². The number of benzene rings is 1. The summed E-state index contributed by atoms with van der Waals surface area (Å²) in [7, 11) is 0. The smallest absolute Gasteiger partial charge is 0.241 e. The van der Waals surface area contributed by atoms with E-state index in [0.717, 1.165) is 38.2 Å². The molecule has 4 rings (SSSR count). The Hall–Kier alpha value is -2.44. The van der Waals surface area contributed by atoms with Gasteiger partial charge < -0.3 is 9.80 Å². The monoisotopic (exact) mass is 365 g/mol. The number of rotatable bonds is 3. The molecule has 2 fully saturated rings. The minimum atomic E-state index is -0.171. The number of pyridine rings is 1. The van der Waals surface area contributed by atoms with Gasteiger partial charge in [0.15, 0.2) is 0 Å². The van der Waals surface area contributed by atoms with E-state index in [1.54, 1.807) is 12.4 Å². The van der Waals surface area contributed by atoms with E-state index in [1.165, 1.54) is 16.8 Å². The average Bonchev–Trinajstić information content (AvgIpc) is 3.20. The first-order chi connectivity index (χ1) is 13.1. The van der Waals surface area contributed by atoms with Crippen molar-refractivity contribution in [1.29, 1.82) is 0 Å². The molecule has 0 radical (unpaired) electrons. The van der Waals surface area contributed by atoms with E-state index >= 15 is 0 Å². The van der Waals surface area contributed by atoms with Crippen LogP contribution in [0.4, 0.5) is 5.69 Å². The molecule has 6 nitrogen and oxygen atoms in total. The van der Waals surface area contributed by atoms with Crippen molar-refractivity contribution in [2.45, 2.75) is 32.4 Å². The summed E-state index contributed by atoms with van der Waals surface area (Å²) in [6.45, 7) is 7.57. The molecule has 1 aromatic heterocycles. The second-order valence-corrected chi connectivity index (χ2v) is 7.51. The van der Waals surface area contributed by atoms with Gasteiger partial charge in [-0.3, -0.25) is 9.78 Å². The molecule has 2 aliphatic heterocycles. The molecule has 0 saturated carbocycles. The number of nitrogens with one attached hydrogen (secondary N) is 2. The molecule has 0 aliphatic carbocycles. The Morgan fingerprint density at radius 1 is 1.04 bits per heavy atom. The van der Waals surface area contributed by atoms with Crippen LogP contribution in [0.3, 0.4) is 0 Å². The van der Waals surface area contributed by atoms with Gasteiger partial charge in [-0.05, 0) is 55.2 Å². The Kier molecular flexibility index (Phi) is 5.09. The highest BCUT2D eigenvalue weighted by molar-refractivity contribution is 5.82. The van der Waals surface area contributed by atoms with E-state index in [2.05, 4.69) is 52.8 Å². The summed E-state index contributed by atoms with van der Waals surface area (Å²) in [5, 5.41) is 0. The van der Waals surface area contributed by atoms with Crippen molar-refractivity contribution >= 4 is 11.6 Å². The van der Waals surface area contributed by atoms with Gasteiger partial charge in [0.1, 0.15) is 6.04 Å². The van der Waals surface area contributed by atoms with Gasteiger partial charge in [-0.25, -0.2) is 10.9 Å². The largest absolute Gasteiger partial charge is 0.368 e. The van der Waals surface area contributed by atoms with Gasteiger partial charge in [0.25, 0.3) is 0 Å². The lowest BCUT2D eigenvalue weighted by Crippen LogP contribution is -2.53. The molecule has 0 spiro atoms. The topological polar surface area (TPSA) is 60.5 Å². The highest BCUT2D eigenvalue weighted by Gasteiger charge is 2.34. The third kappa shape index (κ3) is 3.82. The number of piperazine rings is 1. The molecular formula is C21H27N5O. The highest BCUT2D eigenvalue weighted by Crippen LogP contribution is 2.25. The number of hydrazine groups is 1. The molecule has 0 bridgehead atoms. The third-order valence-corrected chi connectivity index (χ3v) is 5.61. The molecule has 2 aromatic rings. The van der Waals surface area contributed by atoms with Crippen LogP contribution < -0.4 is 15.8 Å². The van der Waals surface area contributed by atoms with E-state index in [1.807, 2.05) is 17.0 Å². The van der Waals surface area contributed by atoms with Gasteiger partial charge in [-0.15, -0.1) is 0 Å². The van der Waals surface area contributed by atoms with Crippen LogP contribution in [-0.4, -0.2) is 48.0 Å². The zero-order valence-electron chi connectivity index (χ0n) is 16.0. The Morgan fingerprint density at radius 2 is 1.78 bits per heavy atom. The van der Waals surface area contributed by atoms with Crippen LogP contribution in [0.25, 0.3) is 0 Å². The molecule has 2 atom stereocenters. The number of amides is 1. The molecular weight excluding hydrogens is 338 g/mol. The first kappa shape index (κ1) is 17.9. The Bertz CT molecular complexity index is 801. The molecule has 6 heteroatoms. The maximum absolute atomic E-state index is 12.9. The molecule has 2 N–H and O–H groups in total. The van der Waals surface area contributed by atoms with Gasteiger partial charge in [0.05, 0.1) is 0 Å². The Balaban J connectivity index is 1.34. The number of aromatic nitrogens is 1. The van der Waals surface area contributed by atoms with E-state index in [-0.39, 0.29) is 18.0 Å². The number of hydrogen-bond donors (Lipinski definition) is 2. The van der Waals surface area contributed by atoms with Crippen molar-refractivity contribution in [3.05, 3.63) is 59.4 Å². The fourth-order valence-electron chi connectivity index (χ4n) is 3.98. The van der Waals surface area contributed by atoms with Crippen molar-refractivity contribution < 1.29 is 4.79 Å². The minimum Gasteiger partial charge on any atom is -0.368 e. The lowest BCUT2D eigenvalue weighted by Gasteiger charge is -2.37. The molecule has 1 aromatic carbocycles. The second kappa shape index (κ2) is 7.66. The normalized spacial score (nSPS) is 22.9. The molecule has 3 heterocycles. The van der Waals surface area contributed by atoms with Crippen LogP contribution in [0.15, 0.2) is 42.7 Å². The number of anilines is 1. The van der Waals surface area contributed by atoms with Crippen LogP contribution in [0.5, 0.6) is 0 Å². The number of carbonyl (C=O) groups is 1. The fraction of sp³-hybridized carbons (Fsp3) is 0.429. The maximum atomic E-state index is 12.9. The molecule has 2 unspecified atom stereocenters. The predicted octanol–water partition coefficient (Wildman–Crippen LogP) is 1.95. The number of hydrogen-bond acceptors (Lipinski definition) is 5. The predicted molar refractivity (Wildman–Crippen MR) is 106 cm³/mol. The van der Waals surface area contributed by atoms with Crippen molar-refractivity contribution in [1.82, 2.24) is 20.7 Å². The lowest BCUT2D eigenvalue weighted by molar-refractivity contribution is -0.133. The van der Waals surface area contributed by atoms with Crippen molar-refractivity contribution in [2.24, 2.45) is 0 Å². The SMILES string of the molecule is Cc1ccc(C)c(N2CCN(C(=O)C3CC(c4ccncc4)NN3)CC2)c1. The third-order valence-electron chi connectivity index (χ3n) is 5.61. The summed E-state index contributed by atoms with van der Waals surface area (Å²) >= 11 is 0. The number of nitrogens with zero attached hydrogens (tertiary/aromatic N) is 3. The van der Waals surface area contributed by atoms with E-state index in [0.29, 0.717) is 0 Å². The summed E-state index contributed by atoms with van der Waals surface area (Å²) in [4.78, 5) is 21.4. The summed E-state index contributed by atoms with van der Waals surface area (Å²) < 4.78 is 0. The number of aryl methyl sites for hydroxylation is 2. The standard InChI is InChI=1S/C21H27N5O/c1-15-3-4-16(2)20(13-15)25-9-11-26(12-10-25)21(27)19-14-18(23-24-19)17-5-7-22-8-6-17/h3-8,13,18-19,23-24H,9-12,14H2,1-2H3. The highest BCUT2D eigenvalue weighted by atomic mass is 16.2. The van der Waals surface area contributed by atoms with E-state index in [9.17, 15) is 4.79 Å². The van der Waals surface area contributed by atoms with Crippen molar-refractivity contribution in [3.8, 4) is 0 Å². The van der Waals surface area contributed by atoms with Gasteiger partial charge in [-0.1, -0.05) is 12.1 Å². The quantitative estimate of drug-likeness (QED) is 0.871. The van der Waals surface area contributed by atoms with Gasteiger partial charge in [-0.2, -0.15) is 0 Å². The maximum Gasteiger partial charge on any atom is 0.241 e. The molecule has 2 aliphatic rings. The van der Waals surface area contributed by atoms with Crippen LogP contribution in [0.1, 0.15) is 29.2 Å². The van der Waals surface area contributed by atoms with Gasteiger partial charge in [0, 0.05) is 50.3 Å². The summed E-state index contributed by atoms with van der Waals surface area (Å²) in [5.41, 5.74) is 11.5. The average molecular weight is 365 g/mol. The molecule has 27 heavy (non-hydrogen) atoms. The molecule has 2 saturated heterocycles. The minimum absolute atomic E-state index is 0.151. The number of carbonyl (C=O) groups excluding carboxylic acids is 1. The van der Waals surface area contributed by atoms with Gasteiger partial charge in [0.2, 0.25) is 5.91 Å². The van der Waals surface area contributed by atoms with Gasteiger partial charge >= 0.3 is 0 Å². The Morgan fingerprint density at radius 3 is 2.52 bits per heavy atom. The molecule has 1 amide bonds.